The van der Waals surface area contributed by atoms with Crippen molar-refractivity contribution in [3.8, 4) is 5.75 Å². The van der Waals surface area contributed by atoms with Gasteiger partial charge in [0.1, 0.15) is 22.7 Å². The second kappa shape index (κ2) is 6.24. The number of nitrogens with zero attached hydrogens (tertiary/aromatic N) is 1. The Balaban J connectivity index is 2.11. The third-order valence-corrected chi connectivity index (χ3v) is 3.82. The van der Waals surface area contributed by atoms with Crippen molar-refractivity contribution >= 4 is 55.1 Å². The SMILES string of the molecule is Clc1ccc(COc2ccc(Br)cc2Br)c(Cl)n1. The Morgan fingerprint density at radius 3 is 2.56 bits per heavy atom. The Morgan fingerprint density at radius 1 is 1.11 bits per heavy atom. The first-order chi connectivity index (χ1) is 8.56. The maximum absolute atomic E-state index is 5.97. The minimum atomic E-state index is 0.337. The molecule has 1 aromatic carbocycles. The van der Waals surface area contributed by atoms with E-state index >= 15 is 0 Å². The van der Waals surface area contributed by atoms with E-state index < -0.39 is 0 Å². The van der Waals surface area contributed by atoms with Crippen LogP contribution in [0.2, 0.25) is 10.3 Å². The molecule has 0 amide bonds. The van der Waals surface area contributed by atoms with Gasteiger partial charge >= 0.3 is 0 Å². The summed E-state index contributed by atoms with van der Waals surface area (Å²) in [4.78, 5) is 3.95. The number of aromatic nitrogens is 1. The summed E-state index contributed by atoms with van der Waals surface area (Å²) in [6.45, 7) is 0.337. The molecule has 1 heterocycles. The highest BCUT2D eigenvalue weighted by Crippen LogP contribution is 2.29. The highest BCUT2D eigenvalue weighted by atomic mass is 79.9. The normalized spacial score (nSPS) is 10.4. The first kappa shape index (κ1) is 14.1. The molecule has 2 nitrogen and oxygen atoms in total. The molecule has 0 aliphatic heterocycles. The molecule has 2 aromatic rings. The van der Waals surface area contributed by atoms with Crippen molar-refractivity contribution in [2.24, 2.45) is 0 Å². The van der Waals surface area contributed by atoms with Crippen LogP contribution in [0, 0.1) is 0 Å². The minimum Gasteiger partial charge on any atom is -0.488 e. The van der Waals surface area contributed by atoms with E-state index in [-0.39, 0.29) is 0 Å². The van der Waals surface area contributed by atoms with Crippen LogP contribution in [0.15, 0.2) is 39.3 Å². The summed E-state index contributed by atoms with van der Waals surface area (Å²) >= 11 is 18.5. The summed E-state index contributed by atoms with van der Waals surface area (Å²) < 4.78 is 7.51. The van der Waals surface area contributed by atoms with Crippen LogP contribution < -0.4 is 4.74 Å². The van der Waals surface area contributed by atoms with Gasteiger partial charge in [0.15, 0.2) is 0 Å². The van der Waals surface area contributed by atoms with Crippen molar-refractivity contribution in [1.82, 2.24) is 4.98 Å². The molecule has 0 atom stereocenters. The van der Waals surface area contributed by atoms with Gasteiger partial charge in [-0.25, -0.2) is 4.98 Å². The summed E-state index contributed by atoms with van der Waals surface area (Å²) in [6, 6.07) is 9.16. The Bertz CT molecular complexity index is 526. The van der Waals surface area contributed by atoms with Crippen molar-refractivity contribution < 1.29 is 4.74 Å². The van der Waals surface area contributed by atoms with Crippen LogP contribution in [-0.4, -0.2) is 4.98 Å². The number of benzene rings is 1. The number of pyridine rings is 1. The number of rotatable bonds is 3. The predicted molar refractivity (Wildman–Crippen MR) is 80.4 cm³/mol. The average Bonchev–Trinajstić information content (AvgIpc) is 2.30. The number of ether oxygens (including phenoxy) is 1. The predicted octanol–water partition coefficient (Wildman–Crippen LogP) is 5.49. The lowest BCUT2D eigenvalue weighted by Crippen LogP contribution is -1.98. The van der Waals surface area contributed by atoms with Crippen molar-refractivity contribution in [1.29, 1.82) is 0 Å². The molecule has 0 saturated heterocycles. The van der Waals surface area contributed by atoms with Crippen molar-refractivity contribution in [3.05, 3.63) is 55.1 Å². The maximum Gasteiger partial charge on any atom is 0.137 e. The minimum absolute atomic E-state index is 0.337. The third-order valence-electron chi connectivity index (χ3n) is 2.17. The summed E-state index contributed by atoms with van der Waals surface area (Å²) in [7, 11) is 0. The summed E-state index contributed by atoms with van der Waals surface area (Å²) in [5, 5.41) is 0.726. The number of hydrogen-bond acceptors (Lipinski definition) is 2. The topological polar surface area (TPSA) is 22.1 Å². The van der Waals surface area contributed by atoms with Crippen LogP contribution in [-0.2, 0) is 6.61 Å². The molecule has 0 radical (unpaired) electrons. The van der Waals surface area contributed by atoms with E-state index in [1.165, 1.54) is 0 Å². The lowest BCUT2D eigenvalue weighted by atomic mass is 10.3. The standard InChI is InChI=1S/C12H7Br2Cl2NO/c13-8-2-3-10(9(14)5-8)18-6-7-1-4-11(15)17-12(7)16/h1-5H,6H2. The average molecular weight is 412 g/mol. The van der Waals surface area contributed by atoms with Gasteiger partial charge in [-0.1, -0.05) is 39.1 Å². The Kier molecular flexibility index (Phi) is 4.90. The van der Waals surface area contributed by atoms with Gasteiger partial charge < -0.3 is 4.74 Å². The summed E-state index contributed by atoms with van der Waals surface area (Å²) in [5.74, 6) is 0.740. The molecule has 1 aromatic heterocycles. The molecule has 0 fully saturated rings. The highest BCUT2D eigenvalue weighted by Gasteiger charge is 2.06. The zero-order valence-electron chi connectivity index (χ0n) is 8.96. The fourth-order valence-corrected chi connectivity index (χ4v) is 2.86. The second-order valence-electron chi connectivity index (χ2n) is 3.45. The van der Waals surface area contributed by atoms with E-state index in [9.17, 15) is 0 Å². The Labute approximate surface area is 132 Å². The fraction of sp³-hybridized carbons (Fsp3) is 0.0833. The summed E-state index contributed by atoms with van der Waals surface area (Å²) in [6.07, 6.45) is 0. The number of halogens is 4. The molecule has 94 valence electrons. The van der Waals surface area contributed by atoms with Gasteiger partial charge in [0.05, 0.1) is 4.47 Å². The van der Waals surface area contributed by atoms with Gasteiger partial charge in [-0.3, -0.25) is 0 Å². The zero-order chi connectivity index (χ0) is 13.1. The van der Waals surface area contributed by atoms with E-state index in [1.807, 2.05) is 18.2 Å². The molecule has 0 saturated carbocycles. The van der Waals surface area contributed by atoms with Gasteiger partial charge in [0.25, 0.3) is 0 Å². The van der Waals surface area contributed by atoms with Crippen molar-refractivity contribution in [2.75, 3.05) is 0 Å². The molecule has 0 aliphatic carbocycles. The third kappa shape index (κ3) is 3.60. The molecular formula is C12H7Br2Cl2NO. The molecule has 2 rings (SSSR count). The van der Waals surface area contributed by atoms with E-state index in [0.717, 1.165) is 20.3 Å². The van der Waals surface area contributed by atoms with E-state index in [4.69, 9.17) is 27.9 Å². The van der Waals surface area contributed by atoms with Gasteiger partial charge in [0, 0.05) is 10.0 Å². The smallest absolute Gasteiger partial charge is 0.137 e. The first-order valence-electron chi connectivity index (χ1n) is 4.95. The first-order valence-corrected chi connectivity index (χ1v) is 7.29. The van der Waals surface area contributed by atoms with Crippen LogP contribution in [0.4, 0.5) is 0 Å². The molecule has 18 heavy (non-hydrogen) atoms. The molecule has 0 aliphatic rings. The lowest BCUT2D eigenvalue weighted by Gasteiger charge is -2.09. The molecule has 0 N–H and O–H groups in total. The van der Waals surface area contributed by atoms with Crippen LogP contribution in [0.1, 0.15) is 5.56 Å². The van der Waals surface area contributed by atoms with Crippen LogP contribution in [0.5, 0.6) is 5.75 Å². The van der Waals surface area contributed by atoms with Crippen LogP contribution in [0.3, 0.4) is 0 Å². The molecule has 0 unspecified atom stereocenters. The van der Waals surface area contributed by atoms with E-state index in [2.05, 4.69) is 36.8 Å². The largest absolute Gasteiger partial charge is 0.488 e. The summed E-state index contributed by atoms with van der Waals surface area (Å²) in [5.41, 5.74) is 0.788. The maximum atomic E-state index is 5.97. The molecule has 0 spiro atoms. The van der Waals surface area contributed by atoms with Gasteiger partial charge in [-0.15, -0.1) is 0 Å². The second-order valence-corrected chi connectivity index (χ2v) is 5.96. The molecule has 6 heteroatoms. The fourth-order valence-electron chi connectivity index (χ4n) is 1.30. The molecular weight excluding hydrogens is 405 g/mol. The van der Waals surface area contributed by atoms with Crippen molar-refractivity contribution in [3.63, 3.8) is 0 Å². The Hall–Kier alpha value is -0.290. The van der Waals surface area contributed by atoms with E-state index in [0.29, 0.717) is 16.9 Å². The number of hydrogen-bond donors (Lipinski definition) is 0. The van der Waals surface area contributed by atoms with E-state index in [1.54, 1.807) is 12.1 Å². The van der Waals surface area contributed by atoms with Crippen LogP contribution in [0.25, 0.3) is 0 Å². The monoisotopic (exact) mass is 409 g/mol. The van der Waals surface area contributed by atoms with Gasteiger partial charge in [0.2, 0.25) is 0 Å². The van der Waals surface area contributed by atoms with Crippen LogP contribution >= 0.6 is 55.1 Å². The Morgan fingerprint density at radius 2 is 1.89 bits per heavy atom. The lowest BCUT2D eigenvalue weighted by molar-refractivity contribution is 0.304. The van der Waals surface area contributed by atoms with Crippen molar-refractivity contribution in [2.45, 2.75) is 6.61 Å². The van der Waals surface area contributed by atoms with Gasteiger partial charge in [-0.2, -0.15) is 0 Å². The quantitative estimate of drug-likeness (QED) is 0.623. The van der Waals surface area contributed by atoms with Gasteiger partial charge in [-0.05, 0) is 46.3 Å². The zero-order valence-corrected chi connectivity index (χ0v) is 13.6. The highest BCUT2D eigenvalue weighted by molar-refractivity contribution is 9.11. The molecule has 0 bridgehead atoms.